The minimum absolute atomic E-state index is 0.365. The third-order valence-corrected chi connectivity index (χ3v) is 3.83. The molecule has 1 aromatic rings. The van der Waals surface area contributed by atoms with Crippen molar-refractivity contribution in [3.05, 3.63) is 11.5 Å². The summed E-state index contributed by atoms with van der Waals surface area (Å²) in [6.45, 7) is 3.85. The van der Waals surface area contributed by atoms with Gasteiger partial charge in [-0.05, 0) is 26.7 Å². The first-order valence-electron chi connectivity index (χ1n) is 5.27. The number of nitrogens with zero attached hydrogens (tertiary/aromatic N) is 1. The van der Waals surface area contributed by atoms with Crippen molar-refractivity contribution in [3.63, 3.8) is 0 Å². The van der Waals surface area contributed by atoms with Gasteiger partial charge >= 0.3 is 0 Å². The van der Waals surface area contributed by atoms with Gasteiger partial charge in [-0.1, -0.05) is 11.8 Å². The van der Waals surface area contributed by atoms with E-state index in [9.17, 15) is 4.79 Å². The van der Waals surface area contributed by atoms with Gasteiger partial charge < -0.3 is 4.42 Å². The van der Waals surface area contributed by atoms with E-state index in [-0.39, 0.29) is 0 Å². The summed E-state index contributed by atoms with van der Waals surface area (Å²) < 4.78 is 5.49. The molecule has 2 rings (SSSR count). The second-order valence-corrected chi connectivity index (χ2v) is 5.25. The zero-order valence-electron chi connectivity index (χ0n) is 9.08. The quantitative estimate of drug-likeness (QED) is 0.776. The summed E-state index contributed by atoms with van der Waals surface area (Å²) in [6, 6.07) is 0. The summed E-state index contributed by atoms with van der Waals surface area (Å²) in [5, 5.41) is 1.08. The van der Waals surface area contributed by atoms with Crippen LogP contribution in [0.15, 0.2) is 9.64 Å². The van der Waals surface area contributed by atoms with Gasteiger partial charge in [0.05, 0.1) is 5.69 Å². The first-order chi connectivity index (χ1) is 7.15. The van der Waals surface area contributed by atoms with Gasteiger partial charge in [-0.15, -0.1) is 0 Å². The molecule has 0 aromatic carbocycles. The smallest absolute Gasteiger partial charge is 0.256 e. The van der Waals surface area contributed by atoms with E-state index in [0.717, 1.165) is 30.7 Å². The Morgan fingerprint density at radius 3 is 2.87 bits per heavy atom. The van der Waals surface area contributed by atoms with Crippen molar-refractivity contribution >= 4 is 17.5 Å². The molecular formula is C11H15NO2S. The Balaban J connectivity index is 1.99. The average Bonchev–Trinajstić information content (AvgIpc) is 2.45. The molecule has 1 aliphatic rings. The number of ketones is 1. The van der Waals surface area contributed by atoms with Crippen LogP contribution < -0.4 is 0 Å². The molecule has 0 spiro atoms. The fourth-order valence-corrected chi connectivity index (χ4v) is 2.92. The summed E-state index contributed by atoms with van der Waals surface area (Å²) >= 11 is 1.60. The number of thioether (sulfide) groups is 1. The fourth-order valence-electron chi connectivity index (χ4n) is 1.72. The molecule has 0 bridgehead atoms. The lowest BCUT2D eigenvalue weighted by Gasteiger charge is -2.18. The number of rotatable bonds is 2. The summed E-state index contributed by atoms with van der Waals surface area (Å²) in [6.07, 6.45) is 3.53. The SMILES string of the molecule is Cc1nc(SC2CCCC(=O)C2)oc1C. The minimum Gasteiger partial charge on any atom is -0.437 e. The average molecular weight is 225 g/mol. The van der Waals surface area contributed by atoms with Crippen LogP contribution in [-0.2, 0) is 4.79 Å². The zero-order valence-corrected chi connectivity index (χ0v) is 9.89. The summed E-state index contributed by atoms with van der Waals surface area (Å²) in [5.74, 6) is 1.25. The van der Waals surface area contributed by atoms with Gasteiger partial charge in [0.1, 0.15) is 11.5 Å². The highest BCUT2D eigenvalue weighted by molar-refractivity contribution is 7.99. The highest BCUT2D eigenvalue weighted by atomic mass is 32.2. The van der Waals surface area contributed by atoms with E-state index in [1.807, 2.05) is 13.8 Å². The molecule has 0 amide bonds. The standard InChI is InChI=1S/C11H15NO2S/c1-7-8(2)14-11(12-7)15-10-5-3-4-9(13)6-10/h10H,3-6H2,1-2H3. The monoisotopic (exact) mass is 225 g/mol. The van der Waals surface area contributed by atoms with Gasteiger partial charge in [0.25, 0.3) is 5.22 Å². The molecular weight excluding hydrogens is 210 g/mol. The molecule has 1 heterocycles. The lowest BCUT2D eigenvalue weighted by molar-refractivity contribution is -0.120. The Morgan fingerprint density at radius 2 is 2.27 bits per heavy atom. The van der Waals surface area contributed by atoms with E-state index in [1.165, 1.54) is 0 Å². The first-order valence-corrected chi connectivity index (χ1v) is 6.15. The number of Topliss-reactive ketones (excluding diaryl/α,β-unsaturated/α-hetero) is 1. The van der Waals surface area contributed by atoms with E-state index in [4.69, 9.17) is 4.42 Å². The molecule has 1 fully saturated rings. The van der Waals surface area contributed by atoms with E-state index in [2.05, 4.69) is 4.98 Å². The van der Waals surface area contributed by atoms with Crippen molar-refractivity contribution in [2.45, 2.75) is 50.0 Å². The van der Waals surface area contributed by atoms with Crippen LogP contribution >= 0.6 is 11.8 Å². The number of carbonyl (C=O) groups is 1. The van der Waals surface area contributed by atoms with Gasteiger partial charge in [-0.2, -0.15) is 0 Å². The number of hydrogen-bond acceptors (Lipinski definition) is 4. The van der Waals surface area contributed by atoms with Crippen molar-refractivity contribution in [1.29, 1.82) is 0 Å². The number of hydrogen-bond donors (Lipinski definition) is 0. The molecule has 1 aliphatic carbocycles. The number of carbonyl (C=O) groups excluding carboxylic acids is 1. The van der Waals surface area contributed by atoms with Gasteiger partial charge in [-0.3, -0.25) is 4.79 Å². The number of oxazole rings is 1. The fraction of sp³-hybridized carbons (Fsp3) is 0.636. The van der Waals surface area contributed by atoms with Crippen LogP contribution in [0, 0.1) is 13.8 Å². The van der Waals surface area contributed by atoms with Crippen LogP contribution in [0.2, 0.25) is 0 Å². The highest BCUT2D eigenvalue weighted by Crippen LogP contribution is 2.32. The molecule has 1 atom stereocenters. The van der Waals surface area contributed by atoms with Crippen LogP contribution in [-0.4, -0.2) is 16.0 Å². The van der Waals surface area contributed by atoms with Gasteiger partial charge in [-0.25, -0.2) is 4.98 Å². The van der Waals surface area contributed by atoms with Crippen LogP contribution in [0.1, 0.15) is 37.1 Å². The Morgan fingerprint density at radius 1 is 1.47 bits per heavy atom. The maximum absolute atomic E-state index is 11.3. The van der Waals surface area contributed by atoms with E-state index >= 15 is 0 Å². The normalized spacial score (nSPS) is 22.0. The van der Waals surface area contributed by atoms with E-state index < -0.39 is 0 Å². The van der Waals surface area contributed by atoms with Crippen LogP contribution in [0.3, 0.4) is 0 Å². The molecule has 0 radical (unpaired) electrons. The third kappa shape index (κ3) is 2.62. The minimum atomic E-state index is 0.365. The largest absolute Gasteiger partial charge is 0.437 e. The summed E-state index contributed by atoms with van der Waals surface area (Å²) in [4.78, 5) is 15.6. The Bertz CT molecular complexity index is 353. The molecule has 0 N–H and O–H groups in total. The molecule has 1 aromatic heterocycles. The number of aromatic nitrogens is 1. The van der Waals surface area contributed by atoms with Gasteiger partial charge in [0, 0.05) is 18.1 Å². The highest BCUT2D eigenvalue weighted by Gasteiger charge is 2.22. The molecule has 0 saturated heterocycles. The predicted molar refractivity (Wildman–Crippen MR) is 59.1 cm³/mol. The molecule has 0 aliphatic heterocycles. The Hall–Kier alpha value is -0.770. The topological polar surface area (TPSA) is 43.1 Å². The summed E-state index contributed by atoms with van der Waals surface area (Å²) in [7, 11) is 0. The molecule has 1 unspecified atom stereocenters. The summed E-state index contributed by atoms with van der Waals surface area (Å²) in [5.41, 5.74) is 0.944. The van der Waals surface area contributed by atoms with Crippen molar-refractivity contribution in [2.24, 2.45) is 0 Å². The zero-order chi connectivity index (χ0) is 10.8. The number of aryl methyl sites for hydroxylation is 2. The second kappa shape index (κ2) is 4.39. The predicted octanol–water partition coefficient (Wildman–Crippen LogP) is 2.90. The molecule has 3 nitrogen and oxygen atoms in total. The van der Waals surface area contributed by atoms with Crippen molar-refractivity contribution < 1.29 is 9.21 Å². The van der Waals surface area contributed by atoms with E-state index in [0.29, 0.717) is 22.7 Å². The van der Waals surface area contributed by atoms with Gasteiger partial charge in [0.2, 0.25) is 0 Å². The van der Waals surface area contributed by atoms with Crippen molar-refractivity contribution in [1.82, 2.24) is 4.98 Å². The first kappa shape index (κ1) is 10.7. The van der Waals surface area contributed by atoms with Gasteiger partial charge in [0.15, 0.2) is 0 Å². The molecule has 1 saturated carbocycles. The second-order valence-electron chi connectivity index (χ2n) is 4.00. The molecule has 4 heteroatoms. The van der Waals surface area contributed by atoms with Crippen molar-refractivity contribution in [3.8, 4) is 0 Å². The molecule has 15 heavy (non-hydrogen) atoms. The maximum Gasteiger partial charge on any atom is 0.256 e. The lowest BCUT2D eigenvalue weighted by Crippen LogP contribution is -2.16. The Kier molecular flexibility index (Phi) is 3.14. The lowest BCUT2D eigenvalue weighted by atomic mass is 9.99. The van der Waals surface area contributed by atoms with Crippen molar-refractivity contribution in [2.75, 3.05) is 0 Å². The Labute approximate surface area is 93.6 Å². The van der Waals surface area contributed by atoms with Crippen LogP contribution in [0.4, 0.5) is 0 Å². The van der Waals surface area contributed by atoms with E-state index in [1.54, 1.807) is 11.8 Å². The maximum atomic E-state index is 11.3. The van der Waals surface area contributed by atoms with Crippen LogP contribution in [0.5, 0.6) is 0 Å². The van der Waals surface area contributed by atoms with Crippen LogP contribution in [0.25, 0.3) is 0 Å². The molecule has 82 valence electrons. The third-order valence-electron chi connectivity index (χ3n) is 2.71.